The van der Waals surface area contributed by atoms with Crippen molar-refractivity contribution < 1.29 is 0 Å². The molecule has 2 aromatic rings. The first kappa shape index (κ1) is 10.3. The van der Waals surface area contributed by atoms with Crippen molar-refractivity contribution in [2.24, 2.45) is 5.10 Å². The molecule has 0 aliphatic heterocycles. The van der Waals surface area contributed by atoms with Crippen molar-refractivity contribution in [3.63, 3.8) is 0 Å². The Morgan fingerprint density at radius 1 is 1.40 bits per heavy atom. The average molecular weight is 237 g/mol. The third-order valence-corrected chi connectivity index (χ3v) is 3.13. The van der Waals surface area contributed by atoms with E-state index < -0.39 is 0 Å². The van der Waals surface area contributed by atoms with Crippen LogP contribution in [0.1, 0.15) is 13.8 Å². The van der Waals surface area contributed by atoms with Crippen molar-refractivity contribution in [2.45, 2.75) is 13.8 Å². The number of aromatic nitrogens is 1. The molecule has 0 bridgehead atoms. The van der Waals surface area contributed by atoms with Crippen LogP contribution in [0.25, 0.3) is 11.3 Å². The summed E-state index contributed by atoms with van der Waals surface area (Å²) in [4.78, 5) is 4.43. The summed E-state index contributed by atoms with van der Waals surface area (Å²) in [6.07, 6.45) is 0. The van der Waals surface area contributed by atoms with E-state index in [9.17, 15) is 0 Å². The maximum atomic E-state index is 4.43. The predicted molar refractivity (Wildman–Crippen MR) is 67.8 cm³/mol. The van der Waals surface area contributed by atoms with E-state index in [1.165, 1.54) is 5.56 Å². The number of rotatable bonds is 3. The van der Waals surface area contributed by atoms with E-state index in [4.69, 9.17) is 0 Å². The van der Waals surface area contributed by atoms with Crippen LogP contribution in [0.4, 0.5) is 5.13 Å². The Labute approximate surface area is 96.5 Å². The molecule has 0 spiro atoms. The molecule has 5 heteroatoms. The molecule has 0 amide bonds. The Kier molecular flexibility index (Phi) is 3.13. The summed E-state index contributed by atoms with van der Waals surface area (Å²) in [5.41, 5.74) is 6.09. The van der Waals surface area contributed by atoms with Crippen LogP contribution in [0.15, 0.2) is 27.3 Å². The number of hydrazone groups is 1. The summed E-state index contributed by atoms with van der Waals surface area (Å²) in [6, 6.07) is 2.07. The van der Waals surface area contributed by atoms with Crippen LogP contribution in [-0.4, -0.2) is 10.7 Å². The molecular weight excluding hydrogens is 226 g/mol. The summed E-state index contributed by atoms with van der Waals surface area (Å²) in [5.74, 6) is 0. The molecule has 2 aromatic heterocycles. The fourth-order valence-corrected chi connectivity index (χ4v) is 2.34. The normalized spacial score (nSPS) is 10.0. The highest BCUT2D eigenvalue weighted by Gasteiger charge is 2.03. The van der Waals surface area contributed by atoms with E-state index in [2.05, 4.69) is 32.3 Å². The Balaban J connectivity index is 2.14. The molecule has 2 heterocycles. The molecule has 0 radical (unpaired) electrons. The maximum Gasteiger partial charge on any atom is 0.203 e. The van der Waals surface area contributed by atoms with Crippen LogP contribution >= 0.6 is 22.7 Å². The van der Waals surface area contributed by atoms with Gasteiger partial charge in [0.05, 0.1) is 5.69 Å². The first-order valence-electron chi connectivity index (χ1n) is 4.51. The molecule has 0 unspecified atom stereocenters. The van der Waals surface area contributed by atoms with Gasteiger partial charge in [-0.2, -0.15) is 16.4 Å². The van der Waals surface area contributed by atoms with Crippen LogP contribution in [0.2, 0.25) is 0 Å². The highest BCUT2D eigenvalue weighted by Crippen LogP contribution is 2.26. The van der Waals surface area contributed by atoms with Crippen LogP contribution in [-0.2, 0) is 0 Å². The lowest BCUT2D eigenvalue weighted by molar-refractivity contribution is 1.27. The number of thiazole rings is 1. The third kappa shape index (κ3) is 2.64. The Morgan fingerprint density at radius 3 is 2.93 bits per heavy atom. The second-order valence-electron chi connectivity index (χ2n) is 3.22. The number of hydrogen-bond acceptors (Lipinski definition) is 5. The molecule has 15 heavy (non-hydrogen) atoms. The minimum atomic E-state index is 0.831. The van der Waals surface area contributed by atoms with Crippen molar-refractivity contribution >= 4 is 33.5 Å². The topological polar surface area (TPSA) is 37.3 Å². The minimum Gasteiger partial charge on any atom is -0.253 e. The van der Waals surface area contributed by atoms with Crippen molar-refractivity contribution in [2.75, 3.05) is 5.43 Å². The lowest BCUT2D eigenvalue weighted by atomic mass is 10.3. The maximum absolute atomic E-state index is 4.43. The van der Waals surface area contributed by atoms with E-state index >= 15 is 0 Å². The Bertz CT molecular complexity index is 453. The van der Waals surface area contributed by atoms with E-state index in [0.717, 1.165) is 16.5 Å². The molecule has 0 saturated heterocycles. The second-order valence-corrected chi connectivity index (χ2v) is 4.86. The SMILES string of the molecule is CC(C)=NNc1nc(-c2ccsc2)cs1. The lowest BCUT2D eigenvalue weighted by Crippen LogP contribution is -1.91. The molecule has 3 nitrogen and oxygen atoms in total. The first-order valence-corrected chi connectivity index (χ1v) is 6.33. The smallest absolute Gasteiger partial charge is 0.203 e. The van der Waals surface area contributed by atoms with Gasteiger partial charge in [-0.25, -0.2) is 4.98 Å². The molecule has 0 fully saturated rings. The molecule has 0 aromatic carbocycles. The fraction of sp³-hybridized carbons (Fsp3) is 0.200. The van der Waals surface area contributed by atoms with Gasteiger partial charge in [-0.1, -0.05) is 0 Å². The van der Waals surface area contributed by atoms with Crippen LogP contribution < -0.4 is 5.43 Å². The fourth-order valence-electron chi connectivity index (χ4n) is 1.03. The van der Waals surface area contributed by atoms with Crippen molar-refractivity contribution in [3.05, 3.63) is 22.2 Å². The molecule has 0 saturated carbocycles. The van der Waals surface area contributed by atoms with Gasteiger partial charge in [0.15, 0.2) is 0 Å². The van der Waals surface area contributed by atoms with E-state index in [1.807, 2.05) is 19.2 Å². The van der Waals surface area contributed by atoms with Crippen LogP contribution in [0.5, 0.6) is 0 Å². The zero-order valence-corrected chi connectivity index (χ0v) is 10.2. The van der Waals surface area contributed by atoms with Crippen molar-refractivity contribution in [1.82, 2.24) is 4.98 Å². The lowest BCUT2D eigenvalue weighted by Gasteiger charge is -1.93. The highest BCUT2D eigenvalue weighted by molar-refractivity contribution is 7.14. The standard InChI is InChI=1S/C10H11N3S2/c1-7(2)12-13-10-11-9(6-15-10)8-3-4-14-5-8/h3-6H,1-2H3,(H,11,13). The average Bonchev–Trinajstić information content (AvgIpc) is 2.85. The van der Waals surface area contributed by atoms with Gasteiger partial charge >= 0.3 is 0 Å². The van der Waals surface area contributed by atoms with Crippen LogP contribution in [0, 0.1) is 0 Å². The quantitative estimate of drug-likeness (QED) is 0.653. The number of thiophene rings is 1. The van der Waals surface area contributed by atoms with Gasteiger partial charge in [-0.15, -0.1) is 11.3 Å². The molecule has 0 aliphatic carbocycles. The van der Waals surface area contributed by atoms with Gasteiger partial charge in [0.2, 0.25) is 5.13 Å². The zero-order chi connectivity index (χ0) is 10.7. The molecule has 78 valence electrons. The Hall–Kier alpha value is -1.20. The van der Waals surface area contributed by atoms with Gasteiger partial charge in [-0.05, 0) is 25.3 Å². The Morgan fingerprint density at radius 2 is 2.27 bits per heavy atom. The first-order chi connectivity index (χ1) is 7.25. The van der Waals surface area contributed by atoms with Gasteiger partial charge in [0.25, 0.3) is 0 Å². The van der Waals surface area contributed by atoms with Gasteiger partial charge < -0.3 is 0 Å². The van der Waals surface area contributed by atoms with Gasteiger partial charge in [0.1, 0.15) is 0 Å². The van der Waals surface area contributed by atoms with Gasteiger partial charge in [-0.3, -0.25) is 5.43 Å². The summed E-state index contributed by atoms with van der Waals surface area (Å²) in [7, 11) is 0. The summed E-state index contributed by atoms with van der Waals surface area (Å²) in [6.45, 7) is 3.89. The van der Waals surface area contributed by atoms with Crippen molar-refractivity contribution in [1.29, 1.82) is 0 Å². The summed E-state index contributed by atoms with van der Waals surface area (Å²) < 4.78 is 0. The number of nitrogens with one attached hydrogen (secondary N) is 1. The summed E-state index contributed by atoms with van der Waals surface area (Å²) in [5, 5.41) is 11.1. The number of nitrogens with zero attached hydrogens (tertiary/aromatic N) is 2. The molecule has 0 atom stereocenters. The van der Waals surface area contributed by atoms with Crippen molar-refractivity contribution in [3.8, 4) is 11.3 Å². The van der Waals surface area contributed by atoms with E-state index in [0.29, 0.717) is 0 Å². The van der Waals surface area contributed by atoms with E-state index in [1.54, 1.807) is 22.7 Å². The third-order valence-electron chi connectivity index (χ3n) is 1.70. The van der Waals surface area contributed by atoms with Gasteiger partial charge in [0, 0.05) is 22.0 Å². The largest absolute Gasteiger partial charge is 0.253 e. The predicted octanol–water partition coefficient (Wildman–Crippen LogP) is 3.68. The van der Waals surface area contributed by atoms with Crippen LogP contribution in [0.3, 0.4) is 0 Å². The molecule has 2 rings (SSSR count). The minimum absolute atomic E-state index is 0.831. The zero-order valence-electron chi connectivity index (χ0n) is 8.52. The van der Waals surface area contributed by atoms with E-state index in [-0.39, 0.29) is 0 Å². The molecular formula is C10H11N3S2. The molecule has 1 N–H and O–H groups in total. The second kappa shape index (κ2) is 4.55. The number of anilines is 1. The molecule has 0 aliphatic rings. The highest BCUT2D eigenvalue weighted by atomic mass is 32.1. The summed E-state index contributed by atoms with van der Waals surface area (Å²) >= 11 is 3.24. The monoisotopic (exact) mass is 237 g/mol. The number of hydrogen-bond donors (Lipinski definition) is 1.